The highest BCUT2D eigenvalue weighted by atomic mass is 79.9. The van der Waals surface area contributed by atoms with Crippen LogP contribution >= 0.6 is 15.9 Å². The molecule has 0 bridgehead atoms. The second-order valence-corrected chi connectivity index (χ2v) is 11.1. The topological polar surface area (TPSA) is 64.6 Å². The Morgan fingerprint density at radius 2 is 1.48 bits per heavy atom. The predicted molar refractivity (Wildman–Crippen MR) is 119 cm³/mol. The molecule has 1 fully saturated rings. The van der Waals surface area contributed by atoms with E-state index in [1.54, 1.807) is 24.3 Å². The molecule has 1 heterocycles. The molecule has 156 valence electrons. The van der Waals surface area contributed by atoms with Gasteiger partial charge < -0.3 is 9.31 Å². The van der Waals surface area contributed by atoms with Gasteiger partial charge in [-0.25, -0.2) is 13.1 Å². The third-order valence-corrected chi connectivity index (χ3v) is 7.65. The van der Waals surface area contributed by atoms with Gasteiger partial charge in [-0.15, -0.1) is 0 Å². The van der Waals surface area contributed by atoms with Crippen molar-refractivity contribution in [1.29, 1.82) is 0 Å². The number of hydrogen-bond acceptors (Lipinski definition) is 4. The van der Waals surface area contributed by atoms with Crippen LogP contribution in [0.15, 0.2) is 57.9 Å². The lowest BCUT2D eigenvalue weighted by Crippen LogP contribution is -2.41. The van der Waals surface area contributed by atoms with Crippen LogP contribution in [-0.4, -0.2) is 26.7 Å². The molecule has 0 aliphatic carbocycles. The first-order valence-corrected chi connectivity index (χ1v) is 11.9. The highest BCUT2D eigenvalue weighted by molar-refractivity contribution is 9.10. The fourth-order valence-corrected chi connectivity index (χ4v) is 4.68. The molecule has 1 saturated heterocycles. The van der Waals surface area contributed by atoms with Gasteiger partial charge in [0.15, 0.2) is 0 Å². The normalized spacial score (nSPS) is 19.3. The van der Waals surface area contributed by atoms with Crippen molar-refractivity contribution in [2.45, 2.75) is 63.1 Å². The van der Waals surface area contributed by atoms with Gasteiger partial charge in [0.05, 0.1) is 16.1 Å². The van der Waals surface area contributed by atoms with Crippen LogP contribution in [0.1, 0.15) is 44.9 Å². The van der Waals surface area contributed by atoms with E-state index >= 15 is 0 Å². The molecule has 0 spiro atoms. The van der Waals surface area contributed by atoms with Crippen molar-refractivity contribution < 1.29 is 17.7 Å². The van der Waals surface area contributed by atoms with Gasteiger partial charge in [0.25, 0.3) is 0 Å². The summed E-state index contributed by atoms with van der Waals surface area (Å²) in [4.78, 5) is 0.235. The van der Waals surface area contributed by atoms with Crippen LogP contribution in [-0.2, 0) is 19.3 Å². The van der Waals surface area contributed by atoms with Gasteiger partial charge in [-0.2, -0.15) is 0 Å². The Morgan fingerprint density at radius 3 is 2.00 bits per heavy atom. The molecule has 0 saturated carbocycles. The first-order chi connectivity index (χ1) is 13.4. The molecule has 2 aromatic rings. The highest BCUT2D eigenvalue weighted by Gasteiger charge is 2.51. The van der Waals surface area contributed by atoms with Gasteiger partial charge in [0, 0.05) is 16.8 Å². The fraction of sp³-hybridized carbons (Fsp3) is 0.429. The average Bonchev–Trinajstić information content (AvgIpc) is 2.81. The standard InChI is InChI=1S/C21H27BBrNO4S/c1-15-6-12-18(13-7-15)29(25,26)24-19(16-8-10-17(23)11-9-16)14-22-27-20(2,3)21(4,5)28-22/h6-13,19,24H,14H2,1-5H3. The fourth-order valence-electron chi connectivity index (χ4n) is 3.17. The lowest BCUT2D eigenvalue weighted by atomic mass is 9.79. The van der Waals surface area contributed by atoms with E-state index in [4.69, 9.17) is 9.31 Å². The molecular formula is C21H27BBrNO4S. The van der Waals surface area contributed by atoms with Crippen LogP contribution in [0.25, 0.3) is 0 Å². The van der Waals surface area contributed by atoms with Crippen molar-refractivity contribution >= 4 is 33.1 Å². The average molecular weight is 480 g/mol. The first kappa shape index (κ1) is 22.5. The van der Waals surface area contributed by atoms with Crippen molar-refractivity contribution in [2.24, 2.45) is 0 Å². The minimum atomic E-state index is -3.71. The molecule has 5 nitrogen and oxygen atoms in total. The van der Waals surface area contributed by atoms with Crippen LogP contribution in [0.2, 0.25) is 6.32 Å². The van der Waals surface area contributed by atoms with Crippen molar-refractivity contribution in [2.75, 3.05) is 0 Å². The number of rotatable bonds is 6. The number of aryl methyl sites for hydroxylation is 1. The molecule has 0 aromatic heterocycles. The number of halogens is 1. The van der Waals surface area contributed by atoms with E-state index in [2.05, 4.69) is 20.7 Å². The van der Waals surface area contributed by atoms with E-state index in [9.17, 15) is 8.42 Å². The van der Waals surface area contributed by atoms with E-state index in [1.165, 1.54) is 0 Å². The molecule has 0 radical (unpaired) electrons. The Hall–Kier alpha value is -1.19. The number of hydrogen-bond donors (Lipinski definition) is 1. The molecular weight excluding hydrogens is 453 g/mol. The number of nitrogens with one attached hydrogen (secondary N) is 1. The molecule has 1 aliphatic rings. The number of benzene rings is 2. The van der Waals surface area contributed by atoms with E-state index in [0.717, 1.165) is 15.6 Å². The Balaban J connectivity index is 1.88. The van der Waals surface area contributed by atoms with E-state index < -0.39 is 34.4 Å². The van der Waals surface area contributed by atoms with Crippen LogP contribution in [0.5, 0.6) is 0 Å². The maximum atomic E-state index is 13.0. The Morgan fingerprint density at radius 1 is 0.966 bits per heavy atom. The zero-order valence-corrected chi connectivity index (χ0v) is 19.8. The van der Waals surface area contributed by atoms with Gasteiger partial charge in [-0.3, -0.25) is 0 Å². The summed E-state index contributed by atoms with van der Waals surface area (Å²) in [6.07, 6.45) is 0.361. The first-order valence-electron chi connectivity index (χ1n) is 9.60. The van der Waals surface area contributed by atoms with Crippen molar-refractivity contribution in [3.63, 3.8) is 0 Å². The summed E-state index contributed by atoms with van der Waals surface area (Å²) in [6, 6.07) is 13.9. The Bertz CT molecular complexity index is 943. The third kappa shape index (κ3) is 5.12. The summed E-state index contributed by atoms with van der Waals surface area (Å²) >= 11 is 3.43. The number of sulfonamides is 1. The molecule has 0 amide bonds. The van der Waals surface area contributed by atoms with Crippen molar-refractivity contribution in [3.05, 3.63) is 64.1 Å². The molecule has 1 aliphatic heterocycles. The van der Waals surface area contributed by atoms with Crippen LogP contribution < -0.4 is 4.72 Å². The predicted octanol–water partition coefficient (Wildman–Crippen LogP) is 4.87. The van der Waals surface area contributed by atoms with Gasteiger partial charge in [0.1, 0.15) is 0 Å². The van der Waals surface area contributed by atoms with Crippen LogP contribution in [0.3, 0.4) is 0 Å². The maximum absolute atomic E-state index is 13.0. The van der Waals surface area contributed by atoms with Crippen LogP contribution in [0.4, 0.5) is 0 Å². The maximum Gasteiger partial charge on any atom is 0.459 e. The third-order valence-electron chi connectivity index (χ3n) is 5.63. The monoisotopic (exact) mass is 479 g/mol. The lowest BCUT2D eigenvalue weighted by molar-refractivity contribution is 0.00578. The Kier molecular flexibility index (Phi) is 6.33. The smallest absolute Gasteiger partial charge is 0.403 e. The van der Waals surface area contributed by atoms with Gasteiger partial charge in [0.2, 0.25) is 10.0 Å². The Labute approximate surface area is 182 Å². The summed E-state index contributed by atoms with van der Waals surface area (Å²) in [5.41, 5.74) is 0.902. The molecule has 3 rings (SSSR count). The molecule has 1 atom stereocenters. The molecule has 29 heavy (non-hydrogen) atoms. The zero-order chi connectivity index (χ0) is 21.4. The summed E-state index contributed by atoms with van der Waals surface area (Å²) in [7, 11) is -4.23. The summed E-state index contributed by atoms with van der Waals surface area (Å²) in [5, 5.41) is 0. The summed E-state index contributed by atoms with van der Waals surface area (Å²) < 4.78 is 42.0. The van der Waals surface area contributed by atoms with E-state index in [0.29, 0.717) is 6.32 Å². The van der Waals surface area contributed by atoms with E-state index in [1.807, 2.05) is 58.9 Å². The molecule has 1 unspecified atom stereocenters. The van der Waals surface area contributed by atoms with Gasteiger partial charge in [-0.05, 0) is 64.4 Å². The molecule has 1 N–H and O–H groups in total. The summed E-state index contributed by atoms with van der Waals surface area (Å²) in [5.74, 6) is 0. The minimum Gasteiger partial charge on any atom is -0.403 e. The van der Waals surface area contributed by atoms with Crippen molar-refractivity contribution in [1.82, 2.24) is 4.72 Å². The second kappa shape index (κ2) is 8.15. The zero-order valence-electron chi connectivity index (χ0n) is 17.4. The highest BCUT2D eigenvalue weighted by Crippen LogP contribution is 2.39. The molecule has 8 heteroatoms. The van der Waals surface area contributed by atoms with Gasteiger partial charge >= 0.3 is 7.12 Å². The second-order valence-electron chi connectivity index (χ2n) is 8.46. The van der Waals surface area contributed by atoms with Crippen LogP contribution in [0, 0.1) is 6.92 Å². The van der Waals surface area contributed by atoms with E-state index in [-0.39, 0.29) is 4.90 Å². The summed E-state index contributed by atoms with van der Waals surface area (Å²) in [6.45, 7) is 9.86. The van der Waals surface area contributed by atoms with Crippen molar-refractivity contribution in [3.8, 4) is 0 Å². The lowest BCUT2D eigenvalue weighted by Gasteiger charge is -2.32. The SMILES string of the molecule is Cc1ccc(S(=O)(=O)NC(CB2OC(C)(C)C(C)(C)O2)c2ccc(Br)cc2)cc1. The van der Waals surface area contributed by atoms with Gasteiger partial charge in [-0.1, -0.05) is 45.8 Å². The largest absolute Gasteiger partial charge is 0.459 e. The minimum absolute atomic E-state index is 0.235. The molecule has 2 aromatic carbocycles. The quantitative estimate of drug-likeness (QED) is 0.600.